The third-order valence-corrected chi connectivity index (χ3v) is 5.67. The SMILES string of the molecule is Cc1ccc2oc(C(=O)N3CCN(C(=O)C4CCN(C)CC4)CC3)cc2n1. The molecule has 0 saturated carbocycles. The average molecular weight is 370 g/mol. The van der Waals surface area contributed by atoms with Crippen LogP contribution in [0.25, 0.3) is 11.1 Å². The molecule has 2 amide bonds. The fraction of sp³-hybridized carbons (Fsp3) is 0.550. The van der Waals surface area contributed by atoms with Gasteiger partial charge in [0.1, 0.15) is 5.52 Å². The number of amides is 2. The summed E-state index contributed by atoms with van der Waals surface area (Å²) in [5.41, 5.74) is 2.22. The topological polar surface area (TPSA) is 69.9 Å². The van der Waals surface area contributed by atoms with Crippen molar-refractivity contribution in [2.75, 3.05) is 46.3 Å². The first-order valence-electron chi connectivity index (χ1n) is 9.65. The molecule has 0 aromatic carbocycles. The number of fused-ring (bicyclic) bond motifs is 1. The molecule has 7 heteroatoms. The molecule has 0 radical (unpaired) electrons. The van der Waals surface area contributed by atoms with Crippen molar-refractivity contribution in [3.05, 3.63) is 29.7 Å². The molecule has 144 valence electrons. The fourth-order valence-corrected chi connectivity index (χ4v) is 3.93. The lowest BCUT2D eigenvalue weighted by molar-refractivity contribution is -0.138. The number of aromatic nitrogens is 1. The maximum atomic E-state index is 12.8. The number of hydrogen-bond donors (Lipinski definition) is 0. The minimum Gasteiger partial charge on any atom is -0.449 e. The summed E-state index contributed by atoms with van der Waals surface area (Å²) in [5, 5.41) is 0. The minimum absolute atomic E-state index is 0.128. The first-order valence-corrected chi connectivity index (χ1v) is 9.65. The number of carbonyl (C=O) groups is 2. The summed E-state index contributed by atoms with van der Waals surface area (Å²) in [7, 11) is 2.10. The van der Waals surface area contributed by atoms with Crippen LogP contribution in [0, 0.1) is 12.8 Å². The molecule has 7 nitrogen and oxygen atoms in total. The van der Waals surface area contributed by atoms with Crippen molar-refractivity contribution in [2.45, 2.75) is 19.8 Å². The smallest absolute Gasteiger partial charge is 0.289 e. The van der Waals surface area contributed by atoms with Crippen LogP contribution in [0.4, 0.5) is 0 Å². The predicted octanol–water partition coefficient (Wildman–Crippen LogP) is 1.76. The molecule has 0 atom stereocenters. The molecule has 2 saturated heterocycles. The molecule has 2 aliphatic rings. The van der Waals surface area contributed by atoms with Crippen LogP contribution in [-0.2, 0) is 4.79 Å². The number of piperazine rings is 1. The van der Waals surface area contributed by atoms with Crippen molar-refractivity contribution in [3.63, 3.8) is 0 Å². The summed E-state index contributed by atoms with van der Waals surface area (Å²) in [5.74, 6) is 0.571. The second-order valence-corrected chi connectivity index (χ2v) is 7.64. The van der Waals surface area contributed by atoms with Gasteiger partial charge in [-0.1, -0.05) is 0 Å². The molecule has 2 aliphatic heterocycles. The highest BCUT2D eigenvalue weighted by atomic mass is 16.3. The van der Waals surface area contributed by atoms with Gasteiger partial charge in [-0.05, 0) is 52.0 Å². The zero-order valence-electron chi connectivity index (χ0n) is 16.0. The molecule has 0 bridgehead atoms. The summed E-state index contributed by atoms with van der Waals surface area (Å²) < 4.78 is 5.68. The van der Waals surface area contributed by atoms with Crippen LogP contribution in [0.2, 0.25) is 0 Å². The highest BCUT2D eigenvalue weighted by Gasteiger charge is 2.31. The Labute approximate surface area is 158 Å². The van der Waals surface area contributed by atoms with Gasteiger partial charge in [-0.2, -0.15) is 0 Å². The number of piperidine rings is 1. The lowest BCUT2D eigenvalue weighted by Crippen LogP contribution is -2.52. The van der Waals surface area contributed by atoms with E-state index in [1.807, 2.05) is 24.0 Å². The van der Waals surface area contributed by atoms with Gasteiger partial charge in [0.05, 0.1) is 0 Å². The van der Waals surface area contributed by atoms with Crippen LogP contribution >= 0.6 is 0 Å². The zero-order chi connectivity index (χ0) is 19.0. The predicted molar refractivity (Wildman–Crippen MR) is 101 cm³/mol. The van der Waals surface area contributed by atoms with E-state index >= 15 is 0 Å². The fourth-order valence-electron chi connectivity index (χ4n) is 3.93. The molecule has 4 heterocycles. The van der Waals surface area contributed by atoms with Crippen molar-refractivity contribution in [2.24, 2.45) is 5.92 Å². The van der Waals surface area contributed by atoms with Gasteiger partial charge < -0.3 is 19.1 Å². The molecule has 0 unspecified atom stereocenters. The number of aryl methyl sites for hydroxylation is 1. The van der Waals surface area contributed by atoms with Gasteiger partial charge in [0.15, 0.2) is 11.3 Å². The van der Waals surface area contributed by atoms with Gasteiger partial charge in [0.2, 0.25) is 5.91 Å². The Morgan fingerprint density at radius 1 is 1.04 bits per heavy atom. The Balaban J connectivity index is 1.36. The number of likely N-dealkylation sites (tertiary alicyclic amines) is 1. The van der Waals surface area contributed by atoms with E-state index in [-0.39, 0.29) is 17.7 Å². The van der Waals surface area contributed by atoms with Crippen LogP contribution in [0.15, 0.2) is 22.6 Å². The summed E-state index contributed by atoms with van der Waals surface area (Å²) in [4.78, 5) is 35.8. The first kappa shape index (κ1) is 18.0. The average Bonchev–Trinajstić information content (AvgIpc) is 3.11. The van der Waals surface area contributed by atoms with Crippen LogP contribution in [0.5, 0.6) is 0 Å². The molecule has 0 spiro atoms. The molecule has 4 rings (SSSR count). The molecular formula is C20H26N4O3. The number of hydrogen-bond acceptors (Lipinski definition) is 5. The molecular weight excluding hydrogens is 344 g/mol. The summed E-state index contributed by atoms with van der Waals surface area (Å²) in [6.07, 6.45) is 1.86. The molecule has 2 fully saturated rings. The second-order valence-electron chi connectivity index (χ2n) is 7.64. The van der Waals surface area contributed by atoms with E-state index < -0.39 is 0 Å². The van der Waals surface area contributed by atoms with Gasteiger partial charge in [-0.3, -0.25) is 9.59 Å². The van der Waals surface area contributed by atoms with Gasteiger partial charge >= 0.3 is 0 Å². The van der Waals surface area contributed by atoms with E-state index in [1.54, 1.807) is 11.0 Å². The highest BCUT2D eigenvalue weighted by molar-refractivity contribution is 5.95. The minimum atomic E-state index is -0.128. The van der Waals surface area contributed by atoms with Crippen molar-refractivity contribution >= 4 is 22.9 Å². The lowest BCUT2D eigenvalue weighted by Gasteiger charge is -2.37. The van der Waals surface area contributed by atoms with Crippen molar-refractivity contribution in [1.29, 1.82) is 0 Å². The second kappa shape index (κ2) is 7.31. The summed E-state index contributed by atoms with van der Waals surface area (Å²) in [6, 6.07) is 5.42. The van der Waals surface area contributed by atoms with Gasteiger partial charge in [0.25, 0.3) is 5.91 Å². The van der Waals surface area contributed by atoms with Crippen LogP contribution < -0.4 is 0 Å². The lowest BCUT2D eigenvalue weighted by atomic mass is 9.95. The number of pyridine rings is 1. The highest BCUT2D eigenvalue weighted by Crippen LogP contribution is 2.22. The van der Waals surface area contributed by atoms with Crippen LogP contribution in [0.3, 0.4) is 0 Å². The Morgan fingerprint density at radius 2 is 1.70 bits per heavy atom. The van der Waals surface area contributed by atoms with E-state index in [0.717, 1.165) is 31.6 Å². The van der Waals surface area contributed by atoms with E-state index in [0.29, 0.717) is 43.0 Å². The standard InChI is InChI=1S/C20H26N4O3/c1-14-3-4-17-16(21-14)13-18(27-17)20(26)24-11-9-23(10-12-24)19(25)15-5-7-22(2)8-6-15/h3-4,13,15H,5-12H2,1-2H3. The van der Waals surface area contributed by atoms with Crippen LogP contribution in [-0.4, -0.2) is 77.8 Å². The Kier molecular flexibility index (Phi) is 4.86. The van der Waals surface area contributed by atoms with Crippen molar-refractivity contribution < 1.29 is 14.0 Å². The third-order valence-electron chi connectivity index (χ3n) is 5.67. The maximum absolute atomic E-state index is 12.8. The molecule has 27 heavy (non-hydrogen) atoms. The number of carbonyl (C=O) groups excluding carboxylic acids is 2. The third kappa shape index (κ3) is 3.69. The van der Waals surface area contributed by atoms with Gasteiger partial charge in [-0.25, -0.2) is 4.98 Å². The molecule has 0 N–H and O–H groups in total. The van der Waals surface area contributed by atoms with Gasteiger partial charge in [0, 0.05) is 43.9 Å². The number of furan rings is 1. The number of rotatable bonds is 2. The molecule has 2 aromatic heterocycles. The zero-order valence-corrected chi connectivity index (χ0v) is 16.0. The molecule has 0 aliphatic carbocycles. The number of nitrogens with zero attached hydrogens (tertiary/aromatic N) is 4. The maximum Gasteiger partial charge on any atom is 0.289 e. The van der Waals surface area contributed by atoms with Crippen LogP contribution in [0.1, 0.15) is 29.1 Å². The van der Waals surface area contributed by atoms with Crippen molar-refractivity contribution in [3.8, 4) is 0 Å². The Hall–Kier alpha value is -2.41. The van der Waals surface area contributed by atoms with Crippen molar-refractivity contribution in [1.82, 2.24) is 19.7 Å². The monoisotopic (exact) mass is 370 g/mol. The first-order chi connectivity index (χ1) is 13.0. The summed E-state index contributed by atoms with van der Waals surface area (Å²) in [6.45, 7) is 6.14. The normalized spacial score (nSPS) is 19.6. The Morgan fingerprint density at radius 3 is 2.41 bits per heavy atom. The quantitative estimate of drug-likeness (QED) is 0.806. The summed E-state index contributed by atoms with van der Waals surface area (Å²) >= 11 is 0. The molecule has 2 aromatic rings. The van der Waals surface area contributed by atoms with Gasteiger partial charge in [-0.15, -0.1) is 0 Å². The van der Waals surface area contributed by atoms with E-state index in [4.69, 9.17) is 4.42 Å². The van der Waals surface area contributed by atoms with E-state index in [9.17, 15) is 9.59 Å². The van der Waals surface area contributed by atoms with E-state index in [1.165, 1.54) is 0 Å². The largest absolute Gasteiger partial charge is 0.449 e. The van der Waals surface area contributed by atoms with E-state index in [2.05, 4.69) is 16.9 Å². The Bertz CT molecular complexity index is 846.